The molecule has 0 saturated carbocycles. The molecule has 4 nitrogen and oxygen atoms in total. The number of piperazine rings is 1. The van der Waals surface area contributed by atoms with Crippen LogP contribution < -0.4 is 5.32 Å². The topological polar surface area (TPSA) is 49.4 Å². The first-order valence-corrected chi connectivity index (χ1v) is 3.43. The Kier molecular flexibility index (Phi) is 2.38. The molecule has 0 spiro atoms. The van der Waals surface area contributed by atoms with Gasteiger partial charge in [-0.05, 0) is 6.08 Å². The summed E-state index contributed by atoms with van der Waals surface area (Å²) in [7, 11) is 0. The van der Waals surface area contributed by atoms with Crippen LogP contribution in [0.5, 0.6) is 0 Å². The Bertz CT molecular complexity index is 201. The molecule has 2 amide bonds. The summed E-state index contributed by atoms with van der Waals surface area (Å²) < 4.78 is 0. The lowest BCUT2D eigenvalue weighted by Crippen LogP contribution is -2.50. The lowest BCUT2D eigenvalue weighted by molar-refractivity contribution is -0.142. The molecule has 1 heterocycles. The molecule has 1 aliphatic rings. The molecule has 1 fully saturated rings. The molecule has 0 aliphatic carbocycles. The molecular weight excluding hydrogens is 144 g/mol. The highest BCUT2D eigenvalue weighted by Crippen LogP contribution is 1.95. The molecule has 0 bridgehead atoms. The predicted octanol–water partition coefficient (Wildman–Crippen LogP) is -0.869. The molecule has 0 radical (unpaired) electrons. The van der Waals surface area contributed by atoms with Crippen molar-refractivity contribution in [3.63, 3.8) is 0 Å². The van der Waals surface area contributed by atoms with E-state index < -0.39 is 0 Å². The molecule has 11 heavy (non-hydrogen) atoms. The second-order valence-electron chi connectivity index (χ2n) is 2.26. The summed E-state index contributed by atoms with van der Waals surface area (Å²) in [4.78, 5) is 23.1. The number of nitrogens with one attached hydrogen (secondary N) is 1. The van der Waals surface area contributed by atoms with Crippen molar-refractivity contribution in [3.05, 3.63) is 12.7 Å². The summed E-state index contributed by atoms with van der Waals surface area (Å²) in [6.45, 7) is 4.68. The van der Waals surface area contributed by atoms with Crippen LogP contribution in [0.1, 0.15) is 0 Å². The maximum absolute atomic E-state index is 11.0. The van der Waals surface area contributed by atoms with Gasteiger partial charge in [-0.15, -0.1) is 0 Å². The van der Waals surface area contributed by atoms with Gasteiger partial charge in [0, 0.05) is 13.1 Å². The lowest BCUT2D eigenvalue weighted by Gasteiger charge is -2.23. The minimum absolute atomic E-state index is 0.179. The highest BCUT2D eigenvalue weighted by Gasteiger charge is 2.21. The monoisotopic (exact) mass is 154 g/mol. The van der Waals surface area contributed by atoms with E-state index in [0.29, 0.717) is 13.1 Å². The molecule has 0 unspecified atom stereocenters. The number of imide groups is 1. The minimum atomic E-state index is -0.309. The predicted molar refractivity (Wildman–Crippen MR) is 39.8 cm³/mol. The molecule has 0 aromatic heterocycles. The molecule has 0 aromatic carbocycles. The maximum atomic E-state index is 11.0. The molecule has 1 saturated heterocycles. The van der Waals surface area contributed by atoms with Gasteiger partial charge >= 0.3 is 0 Å². The van der Waals surface area contributed by atoms with E-state index in [4.69, 9.17) is 0 Å². The SMILES string of the molecule is C=CC(=O)N1CCNCC1=O. The Morgan fingerprint density at radius 3 is 3.00 bits per heavy atom. The Morgan fingerprint density at radius 1 is 1.73 bits per heavy atom. The Morgan fingerprint density at radius 2 is 2.45 bits per heavy atom. The van der Waals surface area contributed by atoms with Crippen LogP contribution >= 0.6 is 0 Å². The summed E-state index contributed by atoms with van der Waals surface area (Å²) >= 11 is 0. The number of rotatable bonds is 1. The van der Waals surface area contributed by atoms with Gasteiger partial charge in [-0.2, -0.15) is 0 Å². The molecular formula is C7H10N2O2. The van der Waals surface area contributed by atoms with Gasteiger partial charge in [0.15, 0.2) is 0 Å². The van der Waals surface area contributed by atoms with E-state index >= 15 is 0 Å². The molecule has 1 N–H and O–H groups in total. The molecule has 1 rings (SSSR count). The first-order valence-electron chi connectivity index (χ1n) is 3.43. The first kappa shape index (κ1) is 7.94. The zero-order valence-corrected chi connectivity index (χ0v) is 6.17. The zero-order valence-electron chi connectivity index (χ0n) is 6.17. The smallest absolute Gasteiger partial charge is 0.252 e. The summed E-state index contributed by atoms with van der Waals surface area (Å²) in [5.74, 6) is -0.488. The van der Waals surface area contributed by atoms with Crippen LogP contribution in [0, 0.1) is 0 Å². The summed E-state index contributed by atoms with van der Waals surface area (Å²) in [5.41, 5.74) is 0. The fraction of sp³-hybridized carbons (Fsp3) is 0.429. The van der Waals surface area contributed by atoms with Crippen LogP contribution in [0.2, 0.25) is 0 Å². The highest BCUT2D eigenvalue weighted by atomic mass is 16.2. The number of amides is 2. The Labute approximate surface area is 64.9 Å². The standard InChI is InChI=1S/C7H10N2O2/c1-2-6(10)9-4-3-8-5-7(9)11/h2,8H,1,3-5H2. The van der Waals surface area contributed by atoms with Crippen LogP contribution in [0.25, 0.3) is 0 Å². The summed E-state index contributed by atoms with van der Waals surface area (Å²) in [6, 6.07) is 0. The second-order valence-corrected chi connectivity index (χ2v) is 2.26. The lowest BCUT2D eigenvalue weighted by atomic mass is 10.3. The average Bonchev–Trinajstić information content (AvgIpc) is 2.04. The van der Waals surface area contributed by atoms with Crippen molar-refractivity contribution in [2.24, 2.45) is 0 Å². The third kappa shape index (κ3) is 1.65. The normalized spacial score (nSPS) is 18.2. The second kappa shape index (κ2) is 3.30. The van der Waals surface area contributed by atoms with Crippen molar-refractivity contribution in [2.45, 2.75) is 0 Å². The molecule has 60 valence electrons. The van der Waals surface area contributed by atoms with E-state index in [-0.39, 0.29) is 18.4 Å². The fourth-order valence-corrected chi connectivity index (χ4v) is 0.950. The number of hydrogen-bond acceptors (Lipinski definition) is 3. The Hall–Kier alpha value is -1.16. The van der Waals surface area contributed by atoms with Crippen molar-refractivity contribution in [2.75, 3.05) is 19.6 Å². The van der Waals surface area contributed by atoms with Gasteiger partial charge in [0.1, 0.15) is 0 Å². The van der Waals surface area contributed by atoms with E-state index in [1.54, 1.807) is 0 Å². The van der Waals surface area contributed by atoms with Gasteiger partial charge in [-0.25, -0.2) is 0 Å². The molecule has 0 aromatic rings. The largest absolute Gasteiger partial charge is 0.307 e. The van der Waals surface area contributed by atoms with Crippen LogP contribution in [-0.2, 0) is 9.59 Å². The van der Waals surface area contributed by atoms with Crippen molar-refractivity contribution < 1.29 is 9.59 Å². The van der Waals surface area contributed by atoms with Crippen LogP contribution in [0.4, 0.5) is 0 Å². The van der Waals surface area contributed by atoms with Gasteiger partial charge in [-0.1, -0.05) is 6.58 Å². The van der Waals surface area contributed by atoms with Gasteiger partial charge in [0.2, 0.25) is 5.91 Å². The summed E-state index contributed by atoms with van der Waals surface area (Å²) in [6.07, 6.45) is 1.16. The molecule has 1 aliphatic heterocycles. The van der Waals surface area contributed by atoms with Crippen molar-refractivity contribution in [1.29, 1.82) is 0 Å². The van der Waals surface area contributed by atoms with Crippen LogP contribution in [0.3, 0.4) is 0 Å². The fourth-order valence-electron chi connectivity index (χ4n) is 0.950. The number of nitrogens with zero attached hydrogens (tertiary/aromatic N) is 1. The van der Waals surface area contributed by atoms with E-state index in [1.807, 2.05) is 0 Å². The van der Waals surface area contributed by atoms with E-state index in [1.165, 1.54) is 4.90 Å². The van der Waals surface area contributed by atoms with E-state index in [2.05, 4.69) is 11.9 Å². The zero-order chi connectivity index (χ0) is 8.27. The summed E-state index contributed by atoms with van der Waals surface area (Å²) in [5, 5.41) is 2.87. The van der Waals surface area contributed by atoms with Gasteiger partial charge in [0.25, 0.3) is 5.91 Å². The number of hydrogen-bond donors (Lipinski definition) is 1. The molecule has 4 heteroatoms. The maximum Gasteiger partial charge on any atom is 0.252 e. The molecule has 0 atom stereocenters. The average molecular weight is 154 g/mol. The van der Waals surface area contributed by atoms with Crippen molar-refractivity contribution in [3.8, 4) is 0 Å². The van der Waals surface area contributed by atoms with Gasteiger partial charge in [0.05, 0.1) is 6.54 Å². The van der Waals surface area contributed by atoms with E-state index in [9.17, 15) is 9.59 Å². The van der Waals surface area contributed by atoms with Crippen LogP contribution in [0.15, 0.2) is 12.7 Å². The third-order valence-corrected chi connectivity index (χ3v) is 1.53. The number of carbonyl (C=O) groups excluding carboxylic acids is 2. The Balaban J connectivity index is 2.61. The van der Waals surface area contributed by atoms with Gasteiger partial charge in [-0.3, -0.25) is 14.5 Å². The highest BCUT2D eigenvalue weighted by molar-refractivity contribution is 6.01. The van der Waals surface area contributed by atoms with Gasteiger partial charge < -0.3 is 5.32 Å². The first-order chi connectivity index (χ1) is 5.25. The van der Waals surface area contributed by atoms with Crippen LogP contribution in [-0.4, -0.2) is 36.3 Å². The van der Waals surface area contributed by atoms with Crippen molar-refractivity contribution in [1.82, 2.24) is 10.2 Å². The number of carbonyl (C=O) groups is 2. The minimum Gasteiger partial charge on any atom is -0.307 e. The van der Waals surface area contributed by atoms with Crippen molar-refractivity contribution >= 4 is 11.8 Å². The van der Waals surface area contributed by atoms with E-state index in [0.717, 1.165) is 6.08 Å². The quantitative estimate of drug-likeness (QED) is 0.499. The third-order valence-electron chi connectivity index (χ3n) is 1.53.